The highest BCUT2D eigenvalue weighted by Gasteiger charge is 2.21. The summed E-state index contributed by atoms with van der Waals surface area (Å²) in [7, 11) is -2.35. The van der Waals surface area contributed by atoms with Crippen LogP contribution in [-0.4, -0.2) is 31.2 Å². The predicted octanol–water partition coefficient (Wildman–Crippen LogP) is 4.92. The van der Waals surface area contributed by atoms with Gasteiger partial charge in [-0.05, 0) is 68.3 Å². The van der Waals surface area contributed by atoms with Gasteiger partial charge in [0, 0.05) is 17.1 Å². The van der Waals surface area contributed by atoms with Crippen LogP contribution in [-0.2, 0) is 16.6 Å². The van der Waals surface area contributed by atoms with E-state index in [4.69, 9.17) is 4.74 Å². The van der Waals surface area contributed by atoms with Gasteiger partial charge in [0.25, 0.3) is 15.9 Å². The highest BCUT2D eigenvalue weighted by atomic mass is 32.2. The zero-order valence-corrected chi connectivity index (χ0v) is 21.4. The Morgan fingerprint density at radius 3 is 2.28 bits per heavy atom. The van der Waals surface area contributed by atoms with Crippen molar-refractivity contribution in [2.24, 2.45) is 0 Å². The quantitative estimate of drug-likeness (QED) is 0.355. The van der Waals surface area contributed by atoms with E-state index < -0.39 is 10.0 Å². The van der Waals surface area contributed by atoms with E-state index in [0.29, 0.717) is 40.5 Å². The molecule has 36 heavy (non-hydrogen) atoms. The average Bonchev–Trinajstić information content (AvgIpc) is 3.13. The fourth-order valence-corrected chi connectivity index (χ4v) is 5.30. The molecule has 0 bridgehead atoms. The molecule has 0 aliphatic heterocycles. The molecule has 1 heterocycles. The Balaban J connectivity index is 1.55. The molecular formula is C27H28N4O4S. The molecule has 2 N–H and O–H groups in total. The first kappa shape index (κ1) is 25.0. The van der Waals surface area contributed by atoms with E-state index in [9.17, 15) is 13.2 Å². The van der Waals surface area contributed by atoms with Gasteiger partial charge in [-0.1, -0.05) is 36.4 Å². The molecule has 1 amide bonds. The van der Waals surface area contributed by atoms with Gasteiger partial charge >= 0.3 is 0 Å². The first-order valence-electron chi connectivity index (χ1n) is 11.3. The molecule has 0 atom stereocenters. The Bertz CT molecular complexity index is 1500. The fourth-order valence-electron chi connectivity index (χ4n) is 3.97. The maximum Gasteiger partial charge on any atom is 0.262 e. The Morgan fingerprint density at radius 2 is 1.61 bits per heavy atom. The largest absolute Gasteiger partial charge is 0.497 e. The fraction of sp³-hybridized carbons (Fsp3) is 0.185. The van der Waals surface area contributed by atoms with Crippen molar-refractivity contribution in [1.29, 1.82) is 0 Å². The zero-order chi connectivity index (χ0) is 25.9. The molecule has 0 spiro atoms. The van der Waals surface area contributed by atoms with Crippen molar-refractivity contribution in [3.05, 3.63) is 101 Å². The Kier molecular flexibility index (Phi) is 7.12. The Labute approximate surface area is 211 Å². The predicted molar refractivity (Wildman–Crippen MR) is 140 cm³/mol. The van der Waals surface area contributed by atoms with Gasteiger partial charge in [0.05, 0.1) is 29.8 Å². The number of carbonyl (C=O) groups excluding carboxylic acids is 1. The van der Waals surface area contributed by atoms with Gasteiger partial charge in [-0.25, -0.2) is 8.42 Å². The summed E-state index contributed by atoms with van der Waals surface area (Å²) < 4.78 is 35.7. The van der Waals surface area contributed by atoms with E-state index in [0.717, 1.165) is 11.3 Å². The van der Waals surface area contributed by atoms with Crippen LogP contribution in [0.5, 0.6) is 5.75 Å². The third-order valence-electron chi connectivity index (χ3n) is 5.86. The Hall–Kier alpha value is -4.11. The minimum Gasteiger partial charge on any atom is -0.497 e. The van der Waals surface area contributed by atoms with Gasteiger partial charge in [-0.2, -0.15) is 5.10 Å². The summed E-state index contributed by atoms with van der Waals surface area (Å²) in [6.07, 6.45) is 0. The smallest absolute Gasteiger partial charge is 0.262 e. The minimum atomic E-state index is -3.89. The maximum absolute atomic E-state index is 13.2. The third-order valence-corrected chi connectivity index (χ3v) is 7.38. The number of hydrogen-bond acceptors (Lipinski definition) is 5. The van der Waals surface area contributed by atoms with Crippen LogP contribution in [0.2, 0.25) is 0 Å². The normalized spacial score (nSPS) is 11.2. The van der Waals surface area contributed by atoms with Crippen LogP contribution in [0.4, 0.5) is 11.4 Å². The first-order valence-corrected chi connectivity index (χ1v) is 12.8. The van der Waals surface area contributed by atoms with Crippen molar-refractivity contribution < 1.29 is 17.9 Å². The highest BCUT2D eigenvalue weighted by molar-refractivity contribution is 7.92. The van der Waals surface area contributed by atoms with Gasteiger partial charge in [-0.15, -0.1) is 0 Å². The van der Waals surface area contributed by atoms with E-state index in [1.807, 2.05) is 37.3 Å². The minimum absolute atomic E-state index is 0.0735. The van der Waals surface area contributed by atoms with Gasteiger partial charge < -0.3 is 10.1 Å². The monoisotopic (exact) mass is 504 g/mol. The van der Waals surface area contributed by atoms with Crippen LogP contribution in [0.3, 0.4) is 0 Å². The molecule has 4 aromatic rings. The highest BCUT2D eigenvalue weighted by Crippen LogP contribution is 2.25. The summed E-state index contributed by atoms with van der Waals surface area (Å²) in [6, 6.07) is 21.3. The summed E-state index contributed by atoms with van der Waals surface area (Å²) in [4.78, 5) is 13.3. The van der Waals surface area contributed by atoms with Crippen LogP contribution < -0.4 is 14.8 Å². The van der Waals surface area contributed by atoms with Crippen molar-refractivity contribution in [2.75, 3.05) is 17.1 Å². The second kappa shape index (κ2) is 10.2. The zero-order valence-electron chi connectivity index (χ0n) is 20.6. The molecule has 0 fully saturated rings. The summed E-state index contributed by atoms with van der Waals surface area (Å²) in [5.74, 6) is 0.274. The molecule has 0 aliphatic rings. The average molecular weight is 505 g/mol. The molecule has 186 valence electrons. The third kappa shape index (κ3) is 5.41. The molecule has 0 aliphatic carbocycles. The topological polar surface area (TPSA) is 102 Å². The second-order valence-electron chi connectivity index (χ2n) is 8.46. The van der Waals surface area contributed by atoms with Crippen LogP contribution in [0.1, 0.15) is 32.9 Å². The summed E-state index contributed by atoms with van der Waals surface area (Å²) in [5, 5.41) is 7.37. The van der Waals surface area contributed by atoms with E-state index >= 15 is 0 Å². The number of methoxy groups -OCH3 is 1. The number of nitrogens with one attached hydrogen (secondary N) is 2. The number of benzene rings is 3. The van der Waals surface area contributed by atoms with Crippen LogP contribution >= 0.6 is 0 Å². The SMILES string of the molecule is COc1ccc(NS(=O)(=O)c2cc(NC(=O)c3c(C)nn(Cc4ccccc4)c3C)ccc2C)cc1. The number of sulfonamides is 1. The lowest BCUT2D eigenvalue weighted by atomic mass is 10.1. The molecular weight excluding hydrogens is 476 g/mol. The molecule has 9 heteroatoms. The van der Waals surface area contributed by atoms with Crippen molar-refractivity contribution in [1.82, 2.24) is 9.78 Å². The molecule has 8 nitrogen and oxygen atoms in total. The summed E-state index contributed by atoms with van der Waals surface area (Å²) >= 11 is 0. The molecule has 3 aromatic carbocycles. The van der Waals surface area contributed by atoms with E-state index in [2.05, 4.69) is 15.1 Å². The maximum atomic E-state index is 13.2. The second-order valence-corrected chi connectivity index (χ2v) is 10.1. The summed E-state index contributed by atoms with van der Waals surface area (Å²) in [6.45, 7) is 5.88. The molecule has 1 aromatic heterocycles. The van der Waals surface area contributed by atoms with Gasteiger partial charge in [0.2, 0.25) is 0 Å². The lowest BCUT2D eigenvalue weighted by Crippen LogP contribution is -2.17. The molecule has 0 saturated carbocycles. The number of anilines is 2. The van der Waals surface area contributed by atoms with E-state index in [-0.39, 0.29) is 10.8 Å². The number of hydrogen-bond donors (Lipinski definition) is 2. The number of rotatable bonds is 8. The molecule has 0 saturated heterocycles. The van der Waals surface area contributed by atoms with Gasteiger partial charge in [-0.3, -0.25) is 14.2 Å². The molecule has 0 unspecified atom stereocenters. The number of nitrogens with zero attached hydrogens (tertiary/aromatic N) is 2. The molecule has 0 radical (unpaired) electrons. The van der Waals surface area contributed by atoms with Crippen LogP contribution in [0.25, 0.3) is 0 Å². The van der Waals surface area contributed by atoms with Crippen molar-refractivity contribution in [3.63, 3.8) is 0 Å². The lowest BCUT2D eigenvalue weighted by molar-refractivity contribution is 0.102. The van der Waals surface area contributed by atoms with E-state index in [1.165, 1.54) is 6.07 Å². The van der Waals surface area contributed by atoms with Crippen molar-refractivity contribution in [3.8, 4) is 5.75 Å². The Morgan fingerprint density at radius 1 is 0.944 bits per heavy atom. The number of aromatic nitrogens is 2. The number of amides is 1. The number of aryl methyl sites for hydroxylation is 2. The van der Waals surface area contributed by atoms with Gasteiger partial charge in [0.15, 0.2) is 0 Å². The van der Waals surface area contributed by atoms with Crippen LogP contribution in [0.15, 0.2) is 77.7 Å². The summed E-state index contributed by atoms with van der Waals surface area (Å²) in [5.41, 5.74) is 4.20. The first-order chi connectivity index (χ1) is 17.2. The number of ether oxygens (including phenoxy) is 1. The van der Waals surface area contributed by atoms with Crippen molar-refractivity contribution in [2.45, 2.75) is 32.2 Å². The number of carbonyl (C=O) groups is 1. The lowest BCUT2D eigenvalue weighted by Gasteiger charge is -2.13. The van der Waals surface area contributed by atoms with Crippen LogP contribution in [0, 0.1) is 20.8 Å². The van der Waals surface area contributed by atoms with Gasteiger partial charge in [0.1, 0.15) is 5.75 Å². The van der Waals surface area contributed by atoms with E-state index in [1.54, 1.807) is 62.0 Å². The standard InChI is InChI=1S/C27H28N4O4S/c1-18-10-11-23(16-25(18)36(33,34)30-22-12-14-24(35-4)15-13-22)28-27(32)26-19(2)29-31(20(26)3)17-21-8-6-5-7-9-21/h5-16,30H,17H2,1-4H3,(H,28,32). The molecule has 4 rings (SSSR count). The van der Waals surface area contributed by atoms with Crippen molar-refractivity contribution >= 4 is 27.3 Å².